The Bertz CT molecular complexity index is 346. The van der Waals surface area contributed by atoms with Crippen LogP contribution in [-0.2, 0) is 13.0 Å². The molecule has 0 spiro atoms. The van der Waals surface area contributed by atoms with Crippen LogP contribution in [0.15, 0.2) is 0 Å². The van der Waals surface area contributed by atoms with Gasteiger partial charge >= 0.3 is 8.56 Å². The third-order valence-corrected chi connectivity index (χ3v) is 13.7. The molecule has 3 atom stereocenters. The number of epoxide rings is 1. The molecular formula is C15H34O3Si3. The summed E-state index contributed by atoms with van der Waals surface area (Å²) in [6.45, 7) is 16.0. The third-order valence-electron chi connectivity index (χ3n) is 4.16. The zero-order valence-electron chi connectivity index (χ0n) is 15.0. The van der Waals surface area contributed by atoms with Crippen molar-refractivity contribution in [2.75, 3.05) is 0 Å². The van der Waals surface area contributed by atoms with Crippen LogP contribution in [0.5, 0.6) is 0 Å². The topological polar surface area (TPSA) is 31.0 Å². The van der Waals surface area contributed by atoms with Gasteiger partial charge in [-0.3, -0.25) is 0 Å². The molecule has 21 heavy (non-hydrogen) atoms. The maximum Gasteiger partial charge on any atom is 0.314 e. The predicted octanol–water partition coefficient (Wildman–Crippen LogP) is 4.72. The van der Waals surface area contributed by atoms with Crippen LogP contribution in [0.1, 0.15) is 25.7 Å². The molecule has 1 saturated carbocycles. The van der Waals surface area contributed by atoms with Crippen LogP contribution in [-0.4, -0.2) is 37.4 Å². The first-order valence-corrected chi connectivity index (χ1v) is 17.9. The van der Waals surface area contributed by atoms with Gasteiger partial charge in [-0.05, 0) is 83.5 Å². The van der Waals surface area contributed by atoms with E-state index in [0.29, 0.717) is 12.2 Å². The average molecular weight is 347 g/mol. The van der Waals surface area contributed by atoms with Gasteiger partial charge in [0, 0.05) is 0 Å². The summed E-state index contributed by atoms with van der Waals surface area (Å²) < 4.78 is 18.8. The van der Waals surface area contributed by atoms with Gasteiger partial charge in [-0.25, -0.2) is 0 Å². The van der Waals surface area contributed by atoms with Gasteiger partial charge in [0.15, 0.2) is 16.6 Å². The molecule has 0 amide bonds. The van der Waals surface area contributed by atoms with E-state index in [1.807, 2.05) is 0 Å². The Balaban J connectivity index is 1.91. The van der Waals surface area contributed by atoms with Crippen molar-refractivity contribution >= 4 is 25.2 Å². The summed E-state index contributed by atoms with van der Waals surface area (Å²) in [6.07, 6.45) is 6.36. The summed E-state index contributed by atoms with van der Waals surface area (Å²) in [5.41, 5.74) is 0. The second-order valence-electron chi connectivity index (χ2n) is 8.99. The van der Waals surface area contributed by atoms with Crippen LogP contribution in [0.2, 0.25) is 51.9 Å². The maximum absolute atomic E-state index is 6.59. The van der Waals surface area contributed by atoms with Crippen molar-refractivity contribution in [3.8, 4) is 0 Å². The van der Waals surface area contributed by atoms with Gasteiger partial charge in [0.05, 0.1) is 12.2 Å². The summed E-state index contributed by atoms with van der Waals surface area (Å²) in [5, 5.41) is 0. The van der Waals surface area contributed by atoms with E-state index in [1.165, 1.54) is 25.7 Å². The number of fused-ring (bicyclic) bond motifs is 1. The molecule has 2 rings (SSSR count). The largest absolute Gasteiger partial charge is 0.437 e. The molecule has 6 heteroatoms. The van der Waals surface area contributed by atoms with Crippen LogP contribution in [0.3, 0.4) is 0 Å². The summed E-state index contributed by atoms with van der Waals surface area (Å²) in [4.78, 5) is 0. The fourth-order valence-electron chi connectivity index (χ4n) is 3.63. The molecular weight excluding hydrogens is 312 g/mol. The lowest BCUT2D eigenvalue weighted by Crippen LogP contribution is -2.52. The molecule has 0 aromatic rings. The van der Waals surface area contributed by atoms with Crippen molar-refractivity contribution in [2.45, 2.75) is 89.8 Å². The van der Waals surface area contributed by atoms with Crippen LogP contribution in [0.4, 0.5) is 0 Å². The number of rotatable bonds is 7. The van der Waals surface area contributed by atoms with Gasteiger partial charge in [0.1, 0.15) is 0 Å². The summed E-state index contributed by atoms with van der Waals surface area (Å²) in [6, 6.07) is 1.16. The Morgan fingerprint density at radius 3 is 1.90 bits per heavy atom. The number of hydrogen-bond acceptors (Lipinski definition) is 3. The van der Waals surface area contributed by atoms with Crippen molar-refractivity contribution in [3.63, 3.8) is 0 Å². The van der Waals surface area contributed by atoms with Crippen molar-refractivity contribution in [1.29, 1.82) is 0 Å². The van der Waals surface area contributed by atoms with Crippen LogP contribution < -0.4 is 0 Å². The van der Waals surface area contributed by atoms with Gasteiger partial charge in [-0.1, -0.05) is 0 Å². The quantitative estimate of drug-likeness (QED) is 0.494. The minimum Gasteiger partial charge on any atom is -0.437 e. The maximum atomic E-state index is 6.59. The van der Waals surface area contributed by atoms with Gasteiger partial charge in [0.25, 0.3) is 0 Å². The van der Waals surface area contributed by atoms with Crippen molar-refractivity contribution in [3.05, 3.63) is 0 Å². The van der Waals surface area contributed by atoms with E-state index in [2.05, 4.69) is 45.8 Å². The van der Waals surface area contributed by atoms with Crippen LogP contribution in [0.25, 0.3) is 0 Å². The van der Waals surface area contributed by atoms with E-state index in [1.54, 1.807) is 0 Å². The highest BCUT2D eigenvalue weighted by Gasteiger charge is 2.45. The van der Waals surface area contributed by atoms with Crippen molar-refractivity contribution in [2.24, 2.45) is 5.92 Å². The fraction of sp³-hybridized carbons (Fsp3) is 1.00. The SMILES string of the molecule is C[Si](C)(C)O[Si](C)(CCC1CCC2OC2C1)O[Si](C)(C)C. The molecule has 1 saturated heterocycles. The second-order valence-corrected chi connectivity index (χ2v) is 21.8. The van der Waals surface area contributed by atoms with Crippen LogP contribution in [0, 0.1) is 5.92 Å². The zero-order chi connectivity index (χ0) is 15.9. The molecule has 1 aliphatic heterocycles. The zero-order valence-corrected chi connectivity index (χ0v) is 18.0. The Hall–Kier alpha value is 0.531. The summed E-state index contributed by atoms with van der Waals surface area (Å²) in [7, 11) is -5.13. The van der Waals surface area contributed by atoms with E-state index < -0.39 is 25.2 Å². The smallest absolute Gasteiger partial charge is 0.314 e. The minimum absolute atomic E-state index is 0.590. The first-order valence-electron chi connectivity index (χ1n) is 8.52. The third kappa shape index (κ3) is 6.27. The first-order chi connectivity index (χ1) is 9.46. The van der Waals surface area contributed by atoms with Gasteiger partial charge in [0.2, 0.25) is 0 Å². The minimum atomic E-state index is -2.03. The van der Waals surface area contributed by atoms with Gasteiger partial charge in [-0.15, -0.1) is 0 Å². The van der Waals surface area contributed by atoms with E-state index in [-0.39, 0.29) is 0 Å². The lowest BCUT2D eigenvalue weighted by Gasteiger charge is -2.39. The molecule has 0 aromatic carbocycles. The fourth-order valence-corrected chi connectivity index (χ4v) is 16.3. The summed E-state index contributed by atoms with van der Waals surface area (Å²) >= 11 is 0. The average Bonchev–Trinajstić information content (AvgIpc) is 2.98. The standard InChI is InChI=1S/C15H34O3Si3/c1-19(2,3)17-21(7,18-20(4,5)6)11-10-13-8-9-14-15(12-13)16-14/h13-15H,8-12H2,1-7H3. The molecule has 2 aliphatic rings. The first kappa shape index (κ1) is 17.9. The highest BCUT2D eigenvalue weighted by atomic mass is 28.5. The van der Waals surface area contributed by atoms with E-state index in [9.17, 15) is 0 Å². The molecule has 1 aliphatic carbocycles. The Morgan fingerprint density at radius 2 is 1.43 bits per heavy atom. The Labute approximate surface area is 134 Å². The molecule has 0 N–H and O–H groups in total. The van der Waals surface area contributed by atoms with Crippen LogP contribution >= 0.6 is 0 Å². The predicted molar refractivity (Wildman–Crippen MR) is 95.9 cm³/mol. The molecule has 124 valence electrons. The van der Waals surface area contributed by atoms with Crippen molar-refractivity contribution < 1.29 is 13.0 Å². The molecule has 0 aromatic heterocycles. The molecule has 1 heterocycles. The van der Waals surface area contributed by atoms with E-state index in [4.69, 9.17) is 13.0 Å². The second kappa shape index (κ2) is 6.20. The van der Waals surface area contributed by atoms with E-state index in [0.717, 1.165) is 12.0 Å². The normalized spacial score (nSPS) is 30.1. The van der Waals surface area contributed by atoms with Crippen molar-refractivity contribution in [1.82, 2.24) is 0 Å². The monoisotopic (exact) mass is 346 g/mol. The molecule has 3 nitrogen and oxygen atoms in total. The Morgan fingerprint density at radius 1 is 0.857 bits per heavy atom. The van der Waals surface area contributed by atoms with E-state index >= 15 is 0 Å². The molecule has 0 bridgehead atoms. The molecule has 2 fully saturated rings. The van der Waals surface area contributed by atoms with Gasteiger partial charge in [-0.2, -0.15) is 0 Å². The Kier molecular flexibility index (Phi) is 5.28. The lowest BCUT2D eigenvalue weighted by atomic mass is 9.88. The summed E-state index contributed by atoms with van der Waals surface area (Å²) in [5.74, 6) is 0.830. The van der Waals surface area contributed by atoms with Gasteiger partial charge < -0.3 is 13.0 Å². The molecule has 3 unspecified atom stereocenters. The number of ether oxygens (including phenoxy) is 1. The highest BCUT2D eigenvalue weighted by Crippen LogP contribution is 2.42. The highest BCUT2D eigenvalue weighted by molar-refractivity contribution is 6.87. The molecule has 0 radical (unpaired) electrons. The lowest BCUT2D eigenvalue weighted by molar-refractivity contribution is 0.338. The number of hydrogen-bond donors (Lipinski definition) is 0.